The predicted octanol–water partition coefficient (Wildman–Crippen LogP) is 3.94. The van der Waals surface area contributed by atoms with Crippen LogP contribution in [-0.2, 0) is 4.74 Å². The Kier molecular flexibility index (Phi) is 4.80. The van der Waals surface area contributed by atoms with E-state index in [9.17, 15) is 14.9 Å². The number of hydrogen-bond donors (Lipinski definition) is 0. The molecule has 6 nitrogen and oxygen atoms in total. The van der Waals surface area contributed by atoms with Crippen LogP contribution in [0.3, 0.4) is 0 Å². The third-order valence-corrected chi connectivity index (χ3v) is 3.60. The largest absolute Gasteiger partial charge is 0.447 e. The van der Waals surface area contributed by atoms with Gasteiger partial charge in [0.05, 0.1) is 16.2 Å². The molecule has 1 unspecified atom stereocenters. The van der Waals surface area contributed by atoms with Crippen LogP contribution in [0.2, 0.25) is 0 Å². The first-order valence-electron chi connectivity index (χ1n) is 7.56. The van der Waals surface area contributed by atoms with Crippen molar-refractivity contribution < 1.29 is 14.5 Å². The molecule has 0 radical (unpaired) electrons. The minimum absolute atomic E-state index is 0.0825. The SMILES string of the molecule is O=C(OC(c1ccccc1)c1ccccn1)c1ccc([N+](=O)[O-])cc1. The summed E-state index contributed by atoms with van der Waals surface area (Å²) in [6, 6.07) is 20.0. The maximum absolute atomic E-state index is 12.5. The van der Waals surface area contributed by atoms with Gasteiger partial charge in [0.15, 0.2) is 6.10 Å². The first kappa shape index (κ1) is 16.3. The number of carbonyl (C=O) groups excluding carboxylic acids is 1. The summed E-state index contributed by atoms with van der Waals surface area (Å²) in [6.45, 7) is 0. The van der Waals surface area contributed by atoms with Gasteiger partial charge in [0.2, 0.25) is 0 Å². The summed E-state index contributed by atoms with van der Waals surface area (Å²) in [5, 5.41) is 10.7. The number of hydrogen-bond acceptors (Lipinski definition) is 5. The second kappa shape index (κ2) is 7.35. The standard InChI is InChI=1S/C19H14N2O4/c22-19(15-9-11-16(12-10-15)21(23)24)25-18(14-6-2-1-3-7-14)17-8-4-5-13-20-17/h1-13,18H. The molecule has 6 heteroatoms. The van der Waals surface area contributed by atoms with Gasteiger partial charge in [-0.25, -0.2) is 4.79 Å². The van der Waals surface area contributed by atoms with E-state index in [1.54, 1.807) is 18.3 Å². The number of ether oxygens (including phenoxy) is 1. The molecule has 0 saturated heterocycles. The summed E-state index contributed by atoms with van der Waals surface area (Å²) < 4.78 is 5.64. The summed E-state index contributed by atoms with van der Waals surface area (Å²) in [5.41, 5.74) is 1.55. The average molecular weight is 334 g/mol. The lowest BCUT2D eigenvalue weighted by atomic mass is 10.1. The summed E-state index contributed by atoms with van der Waals surface area (Å²) >= 11 is 0. The Bertz CT molecular complexity index is 825. The highest BCUT2D eigenvalue weighted by molar-refractivity contribution is 5.90. The number of benzene rings is 2. The fourth-order valence-electron chi connectivity index (χ4n) is 2.35. The number of nitro benzene ring substituents is 1. The Morgan fingerprint density at radius 3 is 2.24 bits per heavy atom. The van der Waals surface area contributed by atoms with Crippen LogP contribution < -0.4 is 0 Å². The Hall–Kier alpha value is -3.54. The van der Waals surface area contributed by atoms with Crippen molar-refractivity contribution in [1.82, 2.24) is 4.98 Å². The molecule has 2 aromatic carbocycles. The zero-order valence-electron chi connectivity index (χ0n) is 13.1. The Morgan fingerprint density at radius 2 is 1.64 bits per heavy atom. The van der Waals surface area contributed by atoms with Gasteiger partial charge in [0, 0.05) is 18.3 Å². The number of pyridine rings is 1. The number of nitrogens with zero attached hydrogens (tertiary/aromatic N) is 2. The summed E-state index contributed by atoms with van der Waals surface area (Å²) in [4.78, 5) is 26.9. The van der Waals surface area contributed by atoms with E-state index in [1.807, 2.05) is 36.4 Å². The number of nitro groups is 1. The highest BCUT2D eigenvalue weighted by Crippen LogP contribution is 2.26. The normalized spacial score (nSPS) is 11.5. The Labute approximate surface area is 143 Å². The summed E-state index contributed by atoms with van der Waals surface area (Å²) in [6.07, 6.45) is 0.968. The van der Waals surface area contributed by atoms with Crippen molar-refractivity contribution in [3.8, 4) is 0 Å². The van der Waals surface area contributed by atoms with Gasteiger partial charge in [-0.1, -0.05) is 36.4 Å². The van der Waals surface area contributed by atoms with Crippen LogP contribution in [0, 0.1) is 10.1 Å². The highest BCUT2D eigenvalue weighted by Gasteiger charge is 2.21. The van der Waals surface area contributed by atoms with E-state index < -0.39 is 17.0 Å². The molecule has 0 aliphatic rings. The predicted molar refractivity (Wildman–Crippen MR) is 91.0 cm³/mol. The maximum Gasteiger partial charge on any atom is 0.339 e. The molecule has 0 aliphatic carbocycles. The molecular weight excluding hydrogens is 320 g/mol. The monoisotopic (exact) mass is 334 g/mol. The lowest BCUT2D eigenvalue weighted by Crippen LogP contribution is -2.14. The fraction of sp³-hybridized carbons (Fsp3) is 0.0526. The molecule has 124 valence electrons. The van der Waals surface area contributed by atoms with Gasteiger partial charge < -0.3 is 4.74 Å². The van der Waals surface area contributed by atoms with Crippen molar-refractivity contribution in [2.24, 2.45) is 0 Å². The molecule has 25 heavy (non-hydrogen) atoms. The van der Waals surface area contributed by atoms with E-state index in [2.05, 4.69) is 4.98 Å². The van der Waals surface area contributed by atoms with E-state index in [0.717, 1.165) is 5.56 Å². The molecule has 0 spiro atoms. The third kappa shape index (κ3) is 3.87. The molecule has 0 saturated carbocycles. The molecule has 0 aliphatic heterocycles. The van der Waals surface area contributed by atoms with E-state index in [0.29, 0.717) is 5.69 Å². The van der Waals surface area contributed by atoms with Crippen molar-refractivity contribution in [1.29, 1.82) is 0 Å². The number of esters is 1. The molecule has 0 fully saturated rings. The van der Waals surface area contributed by atoms with Crippen LogP contribution >= 0.6 is 0 Å². The molecule has 3 aromatic rings. The molecule has 1 atom stereocenters. The second-order valence-corrected chi connectivity index (χ2v) is 5.25. The molecule has 0 N–H and O–H groups in total. The van der Waals surface area contributed by atoms with Gasteiger partial charge in [-0.15, -0.1) is 0 Å². The van der Waals surface area contributed by atoms with Crippen molar-refractivity contribution in [2.45, 2.75) is 6.10 Å². The fourth-order valence-corrected chi connectivity index (χ4v) is 2.35. The Balaban J connectivity index is 1.87. The van der Waals surface area contributed by atoms with Gasteiger partial charge in [-0.3, -0.25) is 15.1 Å². The minimum atomic E-state index is -0.662. The maximum atomic E-state index is 12.5. The smallest absolute Gasteiger partial charge is 0.339 e. The molecule has 1 heterocycles. The van der Waals surface area contributed by atoms with Crippen LogP contribution in [0.5, 0.6) is 0 Å². The topological polar surface area (TPSA) is 82.3 Å². The van der Waals surface area contributed by atoms with E-state index in [4.69, 9.17) is 4.74 Å². The quantitative estimate of drug-likeness (QED) is 0.401. The average Bonchev–Trinajstić information content (AvgIpc) is 2.67. The third-order valence-electron chi connectivity index (χ3n) is 3.60. The van der Waals surface area contributed by atoms with Crippen LogP contribution in [-0.4, -0.2) is 15.9 Å². The first-order valence-corrected chi connectivity index (χ1v) is 7.56. The van der Waals surface area contributed by atoms with Gasteiger partial charge in [-0.2, -0.15) is 0 Å². The zero-order chi connectivity index (χ0) is 17.6. The highest BCUT2D eigenvalue weighted by atomic mass is 16.6. The molecule has 3 rings (SSSR count). The van der Waals surface area contributed by atoms with Crippen molar-refractivity contribution in [2.75, 3.05) is 0 Å². The summed E-state index contributed by atoms with van der Waals surface area (Å²) in [7, 11) is 0. The lowest BCUT2D eigenvalue weighted by Gasteiger charge is -2.18. The van der Waals surface area contributed by atoms with Gasteiger partial charge in [-0.05, 0) is 29.8 Å². The van der Waals surface area contributed by atoms with Crippen LogP contribution in [0.4, 0.5) is 5.69 Å². The van der Waals surface area contributed by atoms with Gasteiger partial charge >= 0.3 is 5.97 Å². The molecule has 0 amide bonds. The van der Waals surface area contributed by atoms with Crippen LogP contribution in [0.1, 0.15) is 27.7 Å². The zero-order valence-corrected chi connectivity index (χ0v) is 13.1. The van der Waals surface area contributed by atoms with Crippen LogP contribution in [0.15, 0.2) is 79.0 Å². The minimum Gasteiger partial charge on any atom is -0.447 e. The van der Waals surface area contributed by atoms with Gasteiger partial charge in [0.1, 0.15) is 0 Å². The molecule has 1 aromatic heterocycles. The summed E-state index contributed by atoms with van der Waals surface area (Å²) in [5.74, 6) is -0.575. The number of rotatable bonds is 5. The number of non-ortho nitro benzene ring substituents is 1. The molecular formula is C19H14N2O4. The van der Waals surface area contributed by atoms with Crippen molar-refractivity contribution in [3.63, 3.8) is 0 Å². The number of aromatic nitrogens is 1. The lowest BCUT2D eigenvalue weighted by molar-refractivity contribution is -0.384. The van der Waals surface area contributed by atoms with E-state index in [1.165, 1.54) is 24.3 Å². The Morgan fingerprint density at radius 1 is 0.960 bits per heavy atom. The number of carbonyl (C=O) groups is 1. The second-order valence-electron chi connectivity index (χ2n) is 5.25. The van der Waals surface area contributed by atoms with E-state index in [-0.39, 0.29) is 11.3 Å². The van der Waals surface area contributed by atoms with Crippen molar-refractivity contribution in [3.05, 3.63) is 106 Å². The van der Waals surface area contributed by atoms with Gasteiger partial charge in [0.25, 0.3) is 5.69 Å². The first-order chi connectivity index (χ1) is 12.1. The van der Waals surface area contributed by atoms with Crippen molar-refractivity contribution >= 4 is 11.7 Å². The molecule has 0 bridgehead atoms. The van der Waals surface area contributed by atoms with E-state index >= 15 is 0 Å². The van der Waals surface area contributed by atoms with Crippen LogP contribution in [0.25, 0.3) is 0 Å².